The number of hydrogen-bond acceptors (Lipinski definition) is 4. The molecule has 0 fully saturated rings. The van der Waals surface area contributed by atoms with Crippen molar-refractivity contribution in [3.05, 3.63) is 70.4 Å². The number of rotatable bonds is 6. The first-order valence-corrected chi connectivity index (χ1v) is 8.82. The molecule has 27 heavy (non-hydrogen) atoms. The highest BCUT2D eigenvalue weighted by Gasteiger charge is 2.20. The Morgan fingerprint density at radius 3 is 2.63 bits per heavy atom. The van der Waals surface area contributed by atoms with E-state index in [4.69, 9.17) is 9.84 Å². The molecule has 0 aliphatic carbocycles. The quantitative estimate of drug-likeness (QED) is 0.611. The summed E-state index contributed by atoms with van der Waals surface area (Å²) in [6, 6.07) is 11.5. The van der Waals surface area contributed by atoms with Crippen molar-refractivity contribution in [1.82, 2.24) is 0 Å². The van der Waals surface area contributed by atoms with Gasteiger partial charge in [-0.25, -0.2) is 9.18 Å². The van der Waals surface area contributed by atoms with E-state index in [2.05, 4.69) is 5.32 Å². The summed E-state index contributed by atoms with van der Waals surface area (Å²) in [7, 11) is 1.50. The molecule has 3 rings (SSSR count). The number of methoxy groups -OCH3 is 1. The molecule has 7 heteroatoms. The Morgan fingerprint density at radius 1 is 1.22 bits per heavy atom. The number of carbonyl (C=O) groups is 2. The van der Waals surface area contributed by atoms with Crippen molar-refractivity contribution >= 4 is 45.1 Å². The average Bonchev–Trinajstić information content (AvgIpc) is 3.01. The number of hydrogen-bond donors (Lipinski definition) is 2. The summed E-state index contributed by atoms with van der Waals surface area (Å²) in [5.41, 5.74) is 1.77. The number of anilines is 1. The second-order valence-electron chi connectivity index (χ2n) is 5.70. The molecule has 0 radical (unpaired) electrons. The zero-order valence-electron chi connectivity index (χ0n) is 14.4. The molecule has 3 aromatic rings. The maximum absolute atomic E-state index is 14.2. The number of benzene rings is 2. The fourth-order valence-electron chi connectivity index (χ4n) is 2.67. The molecular weight excluding hydrogens is 369 g/mol. The SMILES string of the molecule is COCc1c(C(=O)Nc2ccc(/C=C/C(=O)O)cc2)sc2cccc(F)c12. The first kappa shape index (κ1) is 18.8. The van der Waals surface area contributed by atoms with E-state index in [1.807, 2.05) is 0 Å². The van der Waals surface area contributed by atoms with E-state index in [0.29, 0.717) is 31.8 Å². The van der Waals surface area contributed by atoms with Crippen LogP contribution in [0.4, 0.5) is 10.1 Å². The molecule has 0 aliphatic rings. The van der Waals surface area contributed by atoms with Crippen LogP contribution < -0.4 is 5.32 Å². The Labute approximate surface area is 158 Å². The van der Waals surface area contributed by atoms with Crippen molar-refractivity contribution in [3.8, 4) is 0 Å². The second-order valence-corrected chi connectivity index (χ2v) is 6.76. The van der Waals surface area contributed by atoms with Gasteiger partial charge in [0, 0.05) is 34.5 Å². The summed E-state index contributed by atoms with van der Waals surface area (Å²) in [6.07, 6.45) is 2.50. The molecule has 0 spiro atoms. The minimum Gasteiger partial charge on any atom is -0.478 e. The van der Waals surface area contributed by atoms with Crippen LogP contribution in [0.5, 0.6) is 0 Å². The van der Waals surface area contributed by atoms with E-state index in [-0.39, 0.29) is 18.3 Å². The molecule has 0 atom stereocenters. The van der Waals surface area contributed by atoms with Crippen LogP contribution in [0.25, 0.3) is 16.2 Å². The third kappa shape index (κ3) is 4.21. The third-order valence-corrected chi connectivity index (χ3v) is 5.04. The monoisotopic (exact) mass is 385 g/mol. The normalized spacial score (nSPS) is 11.2. The number of carboxylic acid groups (broad SMARTS) is 1. The van der Waals surface area contributed by atoms with Crippen LogP contribution in [0.1, 0.15) is 20.8 Å². The molecule has 5 nitrogen and oxygen atoms in total. The first-order chi connectivity index (χ1) is 13.0. The number of halogens is 1. The standard InChI is InChI=1S/C20H16FNO4S/c1-26-11-14-18-15(21)3-2-4-16(18)27-19(14)20(25)22-13-8-5-12(6-9-13)7-10-17(23)24/h2-10H,11H2,1H3,(H,22,25)(H,23,24)/b10-7+. The molecule has 138 valence electrons. The fraction of sp³-hybridized carbons (Fsp3) is 0.100. The van der Waals surface area contributed by atoms with Gasteiger partial charge in [-0.15, -0.1) is 11.3 Å². The molecule has 0 aliphatic heterocycles. The van der Waals surface area contributed by atoms with E-state index < -0.39 is 5.97 Å². The molecule has 1 heterocycles. The highest BCUT2D eigenvalue weighted by atomic mass is 32.1. The van der Waals surface area contributed by atoms with Crippen LogP contribution >= 0.6 is 11.3 Å². The summed E-state index contributed by atoms with van der Waals surface area (Å²) in [4.78, 5) is 23.7. The maximum Gasteiger partial charge on any atom is 0.328 e. The Morgan fingerprint density at radius 2 is 1.96 bits per heavy atom. The molecule has 2 N–H and O–H groups in total. The van der Waals surface area contributed by atoms with Crippen LogP contribution in [0.3, 0.4) is 0 Å². The van der Waals surface area contributed by atoms with E-state index in [9.17, 15) is 14.0 Å². The highest BCUT2D eigenvalue weighted by Crippen LogP contribution is 2.34. The van der Waals surface area contributed by atoms with Crippen molar-refractivity contribution < 1.29 is 23.8 Å². The zero-order chi connectivity index (χ0) is 19.4. The smallest absolute Gasteiger partial charge is 0.328 e. The molecule has 1 aromatic heterocycles. The second kappa shape index (κ2) is 8.11. The lowest BCUT2D eigenvalue weighted by atomic mass is 10.1. The molecule has 0 saturated heterocycles. The summed E-state index contributed by atoms with van der Waals surface area (Å²) >= 11 is 1.21. The number of amides is 1. The maximum atomic E-state index is 14.2. The summed E-state index contributed by atoms with van der Waals surface area (Å²) in [5.74, 6) is -1.77. The van der Waals surface area contributed by atoms with Gasteiger partial charge in [0.2, 0.25) is 0 Å². The van der Waals surface area contributed by atoms with Gasteiger partial charge in [-0.3, -0.25) is 4.79 Å². The van der Waals surface area contributed by atoms with Crippen molar-refractivity contribution in [1.29, 1.82) is 0 Å². The topological polar surface area (TPSA) is 75.6 Å². The van der Waals surface area contributed by atoms with Crippen molar-refractivity contribution in [2.45, 2.75) is 6.61 Å². The molecule has 2 aromatic carbocycles. The van der Waals surface area contributed by atoms with Gasteiger partial charge in [0.1, 0.15) is 5.82 Å². The summed E-state index contributed by atoms with van der Waals surface area (Å²) in [6.45, 7) is 0.128. The largest absolute Gasteiger partial charge is 0.478 e. The van der Waals surface area contributed by atoms with Crippen LogP contribution in [0.15, 0.2) is 48.5 Å². The van der Waals surface area contributed by atoms with Gasteiger partial charge in [-0.05, 0) is 35.9 Å². The van der Waals surface area contributed by atoms with E-state index in [1.54, 1.807) is 36.4 Å². The predicted molar refractivity (Wildman–Crippen MR) is 104 cm³/mol. The Bertz CT molecular complexity index is 1020. The minimum atomic E-state index is -1.03. The number of nitrogens with one attached hydrogen (secondary N) is 1. The lowest BCUT2D eigenvalue weighted by Crippen LogP contribution is -2.12. The minimum absolute atomic E-state index is 0.128. The zero-order valence-corrected chi connectivity index (χ0v) is 15.2. The lowest BCUT2D eigenvalue weighted by Gasteiger charge is -2.07. The molecule has 0 unspecified atom stereocenters. The summed E-state index contributed by atoms with van der Waals surface area (Å²) in [5, 5.41) is 11.8. The van der Waals surface area contributed by atoms with Gasteiger partial charge in [-0.1, -0.05) is 18.2 Å². The first-order valence-electron chi connectivity index (χ1n) is 8.01. The number of thiophene rings is 1. The van der Waals surface area contributed by atoms with Crippen LogP contribution in [0, 0.1) is 5.82 Å². The van der Waals surface area contributed by atoms with Crippen molar-refractivity contribution in [2.24, 2.45) is 0 Å². The number of fused-ring (bicyclic) bond motifs is 1. The molecular formula is C20H16FNO4S. The third-order valence-electron chi connectivity index (χ3n) is 3.85. The number of carboxylic acids is 1. The van der Waals surface area contributed by atoms with Crippen molar-refractivity contribution in [3.63, 3.8) is 0 Å². The van der Waals surface area contributed by atoms with Crippen LogP contribution in [0.2, 0.25) is 0 Å². The Kier molecular flexibility index (Phi) is 5.63. The van der Waals surface area contributed by atoms with Gasteiger partial charge in [0.25, 0.3) is 5.91 Å². The molecule has 0 bridgehead atoms. The number of ether oxygens (including phenoxy) is 1. The van der Waals surface area contributed by atoms with Crippen LogP contribution in [-0.4, -0.2) is 24.1 Å². The van der Waals surface area contributed by atoms with Crippen LogP contribution in [-0.2, 0) is 16.1 Å². The highest BCUT2D eigenvalue weighted by molar-refractivity contribution is 7.21. The van der Waals surface area contributed by atoms with Crippen molar-refractivity contribution in [2.75, 3.05) is 12.4 Å². The Balaban J connectivity index is 1.87. The van der Waals surface area contributed by atoms with Gasteiger partial charge < -0.3 is 15.2 Å². The van der Waals surface area contributed by atoms with E-state index in [1.165, 1.54) is 30.6 Å². The number of carbonyl (C=O) groups excluding carboxylic acids is 1. The van der Waals surface area contributed by atoms with E-state index >= 15 is 0 Å². The average molecular weight is 385 g/mol. The Hall–Kier alpha value is -3.03. The van der Waals surface area contributed by atoms with Gasteiger partial charge in [0.15, 0.2) is 0 Å². The van der Waals surface area contributed by atoms with Gasteiger partial charge in [-0.2, -0.15) is 0 Å². The molecule has 1 amide bonds. The van der Waals surface area contributed by atoms with Gasteiger partial charge in [0.05, 0.1) is 11.5 Å². The fourth-order valence-corrected chi connectivity index (χ4v) is 3.78. The number of aliphatic carboxylic acids is 1. The summed E-state index contributed by atoms with van der Waals surface area (Å²) < 4.78 is 20.1. The lowest BCUT2D eigenvalue weighted by molar-refractivity contribution is -0.131. The predicted octanol–water partition coefficient (Wildman–Crippen LogP) is 4.54. The van der Waals surface area contributed by atoms with Gasteiger partial charge >= 0.3 is 5.97 Å². The van der Waals surface area contributed by atoms with E-state index in [0.717, 1.165) is 6.08 Å². The molecule has 0 saturated carbocycles.